The lowest BCUT2D eigenvalue weighted by Crippen LogP contribution is -2.56. The molecule has 8 fully saturated rings. The molecule has 8 saturated carbocycles. The van der Waals surface area contributed by atoms with Gasteiger partial charge in [-0.3, -0.25) is 9.59 Å². The van der Waals surface area contributed by atoms with E-state index in [0.717, 1.165) is 34.1 Å². The van der Waals surface area contributed by atoms with Crippen LogP contribution in [0.15, 0.2) is 84.9 Å². The van der Waals surface area contributed by atoms with Crippen LogP contribution in [0.1, 0.15) is 159 Å². The second-order valence-electron chi connectivity index (χ2n) is 21.7. The molecule has 9 aliphatic rings. The third-order valence-corrected chi connectivity index (χ3v) is 17.1. The van der Waals surface area contributed by atoms with E-state index in [1.807, 2.05) is 36.4 Å². The molecule has 282 valence electrons. The van der Waals surface area contributed by atoms with Gasteiger partial charge in [0.15, 0.2) is 0 Å². The molecule has 4 heteroatoms. The van der Waals surface area contributed by atoms with Gasteiger partial charge in [0.25, 0.3) is 10.5 Å². The zero-order valence-corrected chi connectivity index (χ0v) is 34.3. The van der Waals surface area contributed by atoms with Crippen LogP contribution in [0.25, 0.3) is 11.1 Å². The molecule has 0 amide bonds. The minimum absolute atomic E-state index is 0.0946. The van der Waals surface area contributed by atoms with E-state index in [9.17, 15) is 9.59 Å². The molecular formula is C51H52Cl2O2. The van der Waals surface area contributed by atoms with Gasteiger partial charge in [-0.2, -0.15) is 0 Å². The van der Waals surface area contributed by atoms with Crippen molar-refractivity contribution in [3.05, 3.63) is 129 Å². The van der Waals surface area contributed by atoms with Crippen LogP contribution in [0.3, 0.4) is 0 Å². The van der Waals surface area contributed by atoms with E-state index in [1.54, 1.807) is 0 Å². The second kappa shape index (κ2) is 11.0. The van der Waals surface area contributed by atoms with Crippen molar-refractivity contribution in [1.82, 2.24) is 0 Å². The number of fused-ring (bicyclic) bond motifs is 3. The van der Waals surface area contributed by atoms with E-state index in [4.69, 9.17) is 23.2 Å². The minimum Gasteiger partial charge on any atom is -0.276 e. The first-order valence-corrected chi connectivity index (χ1v) is 21.7. The Morgan fingerprint density at radius 1 is 0.473 bits per heavy atom. The Balaban J connectivity index is 1.22. The summed E-state index contributed by atoms with van der Waals surface area (Å²) in [6.45, 7) is 10.2. The van der Waals surface area contributed by atoms with Gasteiger partial charge < -0.3 is 0 Å². The molecule has 0 aliphatic heterocycles. The third kappa shape index (κ3) is 4.80. The molecule has 0 N–H and O–H groups in total. The minimum atomic E-state index is -0.995. The zero-order chi connectivity index (χ0) is 38.0. The Labute approximate surface area is 336 Å². The van der Waals surface area contributed by atoms with Crippen LogP contribution in [0.4, 0.5) is 0 Å². The van der Waals surface area contributed by atoms with Crippen LogP contribution >= 0.6 is 23.2 Å². The lowest BCUT2D eigenvalue weighted by Gasteiger charge is -2.65. The predicted molar refractivity (Wildman–Crippen MR) is 222 cm³/mol. The lowest BCUT2D eigenvalue weighted by atomic mass is 9.39. The predicted octanol–water partition coefficient (Wildman–Crippen LogP) is 13.3. The molecule has 9 aliphatic carbocycles. The molecule has 55 heavy (non-hydrogen) atoms. The van der Waals surface area contributed by atoms with Gasteiger partial charge in [-0.25, -0.2) is 0 Å². The average molecular weight is 768 g/mol. The summed E-state index contributed by atoms with van der Waals surface area (Å²) in [7, 11) is 0. The first kappa shape index (κ1) is 35.0. The van der Waals surface area contributed by atoms with Crippen LogP contribution in [0.5, 0.6) is 0 Å². The van der Waals surface area contributed by atoms with E-state index in [-0.39, 0.29) is 10.8 Å². The number of benzene rings is 4. The summed E-state index contributed by atoms with van der Waals surface area (Å²) >= 11 is 13.2. The smallest absolute Gasteiger partial charge is 0.252 e. The van der Waals surface area contributed by atoms with Crippen LogP contribution in [-0.2, 0) is 16.2 Å². The van der Waals surface area contributed by atoms with Crippen LogP contribution in [-0.4, -0.2) is 10.5 Å². The topological polar surface area (TPSA) is 34.1 Å². The summed E-state index contributed by atoms with van der Waals surface area (Å²) < 4.78 is 0. The Bertz CT molecular complexity index is 2170. The summed E-state index contributed by atoms with van der Waals surface area (Å²) in [6.07, 6.45) is 15.3. The fraction of sp³-hybridized carbons (Fsp3) is 0.490. The normalized spacial score (nSPS) is 38.2. The molecule has 13 rings (SSSR count). The maximum atomic E-state index is 13.6. The summed E-state index contributed by atoms with van der Waals surface area (Å²) in [5, 5.41) is -0.980. The monoisotopic (exact) mass is 766 g/mol. The first-order valence-electron chi connectivity index (χ1n) is 21.0. The Morgan fingerprint density at radius 3 is 1.18 bits per heavy atom. The number of hydrogen-bond donors (Lipinski definition) is 0. The second-order valence-corrected chi connectivity index (χ2v) is 22.4. The van der Waals surface area contributed by atoms with Crippen molar-refractivity contribution in [3.63, 3.8) is 0 Å². The number of carbonyl (C=O) groups excluding carboxylic acids is 2. The van der Waals surface area contributed by atoms with E-state index in [1.165, 1.54) is 99.3 Å². The van der Waals surface area contributed by atoms with Gasteiger partial charge in [-0.05, 0) is 201 Å². The number of rotatable bonds is 6. The van der Waals surface area contributed by atoms with Crippen molar-refractivity contribution in [3.8, 4) is 11.1 Å². The van der Waals surface area contributed by atoms with E-state index in [0.29, 0.717) is 32.8 Å². The SMILES string of the molecule is CC12CC3CC(C)(C1)CC(c1ccc4c(c1)C(c1ccccc1C(=O)Cl)(c1ccccc1C(=O)Cl)c1cc(C56CC7CC(C)(CC(C)(C7)C5)C6)ccc1-4)(C3)C2. The summed E-state index contributed by atoms with van der Waals surface area (Å²) in [4.78, 5) is 27.3. The van der Waals surface area contributed by atoms with Crippen molar-refractivity contribution in [2.45, 2.75) is 121 Å². The van der Waals surface area contributed by atoms with Gasteiger partial charge in [0.05, 0.1) is 5.41 Å². The van der Waals surface area contributed by atoms with Gasteiger partial charge >= 0.3 is 0 Å². The average Bonchev–Trinajstić information content (AvgIpc) is 3.38. The highest BCUT2D eigenvalue weighted by Gasteiger charge is 2.63. The molecule has 0 aromatic heterocycles. The molecule has 0 heterocycles. The summed E-state index contributed by atoms with van der Waals surface area (Å²) in [5.74, 6) is 1.49. The molecule has 4 unspecified atom stereocenters. The van der Waals surface area contributed by atoms with Crippen molar-refractivity contribution < 1.29 is 9.59 Å². The van der Waals surface area contributed by atoms with Crippen molar-refractivity contribution in [2.24, 2.45) is 33.5 Å². The van der Waals surface area contributed by atoms with Gasteiger partial charge in [0, 0.05) is 11.1 Å². The van der Waals surface area contributed by atoms with Crippen LogP contribution in [0, 0.1) is 33.5 Å². The van der Waals surface area contributed by atoms with Crippen LogP contribution < -0.4 is 0 Å². The molecule has 0 radical (unpaired) electrons. The lowest BCUT2D eigenvalue weighted by molar-refractivity contribution is -0.110. The van der Waals surface area contributed by atoms with Gasteiger partial charge in [-0.15, -0.1) is 0 Å². The third-order valence-electron chi connectivity index (χ3n) is 16.7. The van der Waals surface area contributed by atoms with E-state index < -0.39 is 15.9 Å². The van der Waals surface area contributed by atoms with E-state index >= 15 is 0 Å². The zero-order valence-electron chi connectivity index (χ0n) is 32.8. The Hall–Kier alpha value is -3.20. The number of halogens is 2. The van der Waals surface area contributed by atoms with Crippen molar-refractivity contribution >= 4 is 33.7 Å². The van der Waals surface area contributed by atoms with Gasteiger partial charge in [0.2, 0.25) is 0 Å². The highest BCUT2D eigenvalue weighted by atomic mass is 35.5. The highest BCUT2D eigenvalue weighted by Crippen LogP contribution is 2.72. The molecule has 4 aromatic carbocycles. The molecule has 2 nitrogen and oxygen atoms in total. The number of carbonyl (C=O) groups is 2. The quantitative estimate of drug-likeness (QED) is 0.161. The molecular weight excluding hydrogens is 715 g/mol. The molecule has 4 atom stereocenters. The molecule has 0 saturated heterocycles. The van der Waals surface area contributed by atoms with Crippen LogP contribution in [0.2, 0.25) is 0 Å². The van der Waals surface area contributed by atoms with Crippen molar-refractivity contribution in [2.75, 3.05) is 0 Å². The fourth-order valence-electron chi connectivity index (χ4n) is 17.2. The molecule has 4 aromatic rings. The largest absolute Gasteiger partial charge is 0.276 e. The first-order chi connectivity index (χ1) is 26.1. The maximum absolute atomic E-state index is 13.6. The number of hydrogen-bond acceptors (Lipinski definition) is 2. The standard InChI is InChI=1S/C51H52Cl2O2/c1-45-19-31-20-46(2,25-45)28-49(23-31,27-45)33-13-15-35-36-16-14-34(50-24-32-21-47(3,29-50)26-48(4,22-32)30-50)18-42(36)51(41(35)17-33,39-11-7-5-9-37(39)43(52)54)40-12-8-6-10-38(40)44(53)55/h5-18,31-32H,19-30H2,1-4H3. The van der Waals surface area contributed by atoms with Gasteiger partial charge in [-0.1, -0.05) is 100 Å². The molecule has 8 bridgehead atoms. The maximum Gasteiger partial charge on any atom is 0.252 e. The summed E-state index contributed by atoms with van der Waals surface area (Å²) in [5.41, 5.74) is 10.6. The van der Waals surface area contributed by atoms with Gasteiger partial charge in [0.1, 0.15) is 0 Å². The van der Waals surface area contributed by atoms with E-state index in [2.05, 4.69) is 76.2 Å². The van der Waals surface area contributed by atoms with Crippen molar-refractivity contribution in [1.29, 1.82) is 0 Å². The Kier molecular flexibility index (Phi) is 7.03. The fourth-order valence-corrected chi connectivity index (χ4v) is 17.5. The summed E-state index contributed by atoms with van der Waals surface area (Å²) in [6, 6.07) is 30.5. The Morgan fingerprint density at radius 2 is 0.836 bits per heavy atom. The molecule has 0 spiro atoms. The highest BCUT2D eigenvalue weighted by molar-refractivity contribution is 6.68.